The molecule has 0 radical (unpaired) electrons. The van der Waals surface area contributed by atoms with Crippen LogP contribution in [0.3, 0.4) is 0 Å². The number of ether oxygens (including phenoxy) is 1. The first-order valence-corrected chi connectivity index (χ1v) is 8.08. The highest BCUT2D eigenvalue weighted by atomic mass is 16.5. The Morgan fingerprint density at radius 1 is 1.28 bits per heavy atom. The molecule has 7 nitrogen and oxygen atoms in total. The minimum atomic E-state index is -0.688. The van der Waals surface area contributed by atoms with Crippen molar-refractivity contribution < 1.29 is 14.6 Å². The van der Waals surface area contributed by atoms with E-state index in [1.54, 1.807) is 30.2 Å². The molecule has 0 bridgehead atoms. The van der Waals surface area contributed by atoms with Gasteiger partial charge in [-0.1, -0.05) is 18.2 Å². The predicted molar refractivity (Wildman–Crippen MR) is 91.6 cm³/mol. The molecule has 0 spiro atoms. The van der Waals surface area contributed by atoms with Crippen LogP contribution in [-0.4, -0.2) is 63.1 Å². The fraction of sp³-hybridized carbons (Fsp3) is 0.278. The summed E-state index contributed by atoms with van der Waals surface area (Å²) >= 11 is 0. The number of likely N-dealkylation sites (N-methyl/N-ethyl adjacent to an activating group) is 1. The molecular formula is C18H18N4O3. The van der Waals surface area contributed by atoms with Crippen molar-refractivity contribution in [3.05, 3.63) is 54.5 Å². The topological polar surface area (TPSA) is 80.5 Å². The van der Waals surface area contributed by atoms with Crippen LogP contribution in [0.1, 0.15) is 10.5 Å². The van der Waals surface area contributed by atoms with Gasteiger partial charge in [-0.3, -0.25) is 4.79 Å². The number of fused-ring (bicyclic) bond motifs is 1. The molecule has 1 saturated heterocycles. The van der Waals surface area contributed by atoms with E-state index in [9.17, 15) is 9.90 Å². The van der Waals surface area contributed by atoms with Crippen LogP contribution in [0, 0.1) is 0 Å². The minimum absolute atomic E-state index is 0.237. The molecule has 1 aliphatic heterocycles. The lowest BCUT2D eigenvalue weighted by Crippen LogP contribution is -2.44. The maximum absolute atomic E-state index is 13.0. The monoisotopic (exact) mass is 338 g/mol. The van der Waals surface area contributed by atoms with E-state index in [0.29, 0.717) is 12.3 Å². The first kappa shape index (κ1) is 15.7. The van der Waals surface area contributed by atoms with Gasteiger partial charge in [0.05, 0.1) is 42.8 Å². The number of benzene rings is 1. The summed E-state index contributed by atoms with van der Waals surface area (Å²) in [5.74, 6) is -0.273. The third-order valence-electron chi connectivity index (χ3n) is 4.53. The second-order valence-corrected chi connectivity index (χ2v) is 6.07. The lowest BCUT2D eigenvalue weighted by atomic mass is 10.1. The molecule has 0 aliphatic carbocycles. The molecule has 25 heavy (non-hydrogen) atoms. The van der Waals surface area contributed by atoms with Crippen molar-refractivity contribution >= 4 is 16.8 Å². The quantitative estimate of drug-likeness (QED) is 0.777. The van der Waals surface area contributed by atoms with E-state index < -0.39 is 6.10 Å². The molecule has 7 heteroatoms. The molecule has 3 aromatic rings. The van der Waals surface area contributed by atoms with Crippen LogP contribution >= 0.6 is 0 Å². The fourth-order valence-corrected chi connectivity index (χ4v) is 3.12. The van der Waals surface area contributed by atoms with E-state index in [0.717, 1.165) is 10.9 Å². The smallest absolute Gasteiger partial charge is 0.274 e. The zero-order valence-electron chi connectivity index (χ0n) is 13.7. The van der Waals surface area contributed by atoms with Crippen molar-refractivity contribution in [2.75, 3.05) is 20.3 Å². The van der Waals surface area contributed by atoms with Crippen molar-refractivity contribution in [2.45, 2.75) is 12.1 Å². The Balaban J connectivity index is 1.75. The van der Waals surface area contributed by atoms with Crippen LogP contribution in [-0.2, 0) is 4.74 Å². The van der Waals surface area contributed by atoms with Crippen LogP contribution in [0.5, 0.6) is 0 Å². The molecule has 4 rings (SSSR count). The number of aromatic nitrogens is 3. The molecule has 128 valence electrons. The Bertz CT molecular complexity index is 923. The summed E-state index contributed by atoms with van der Waals surface area (Å²) in [4.78, 5) is 18.8. The van der Waals surface area contributed by atoms with Crippen LogP contribution < -0.4 is 0 Å². The maximum Gasteiger partial charge on any atom is 0.274 e. The van der Waals surface area contributed by atoms with Gasteiger partial charge in [0.25, 0.3) is 5.91 Å². The SMILES string of the molecule is CN(C(=O)c1ncccc1-n1ncc2ccccc21)[C@@H]1COC[C@H]1O. The molecule has 1 aliphatic rings. The van der Waals surface area contributed by atoms with Gasteiger partial charge in [0.1, 0.15) is 0 Å². The summed E-state index contributed by atoms with van der Waals surface area (Å²) in [6.07, 6.45) is 2.65. The van der Waals surface area contributed by atoms with Gasteiger partial charge in [-0.15, -0.1) is 0 Å². The Morgan fingerprint density at radius 2 is 2.12 bits per heavy atom. The lowest BCUT2D eigenvalue weighted by Gasteiger charge is -2.26. The minimum Gasteiger partial charge on any atom is -0.388 e. The van der Waals surface area contributed by atoms with Gasteiger partial charge in [0.15, 0.2) is 5.69 Å². The highest BCUT2D eigenvalue weighted by molar-refractivity contribution is 5.96. The predicted octanol–water partition coefficient (Wildman–Crippen LogP) is 1.25. The van der Waals surface area contributed by atoms with Crippen LogP contribution in [0.2, 0.25) is 0 Å². The third kappa shape index (κ3) is 2.67. The summed E-state index contributed by atoms with van der Waals surface area (Å²) in [7, 11) is 1.66. The van der Waals surface area contributed by atoms with Crippen molar-refractivity contribution in [1.29, 1.82) is 0 Å². The maximum atomic E-state index is 13.0. The number of nitrogens with zero attached hydrogens (tertiary/aromatic N) is 4. The summed E-state index contributed by atoms with van der Waals surface area (Å²) in [5.41, 5.74) is 1.79. The number of carbonyl (C=O) groups excluding carboxylic acids is 1. The van der Waals surface area contributed by atoms with Gasteiger partial charge in [-0.2, -0.15) is 5.10 Å². The van der Waals surface area contributed by atoms with E-state index in [-0.39, 0.29) is 24.2 Å². The second kappa shape index (κ2) is 6.27. The molecular weight excluding hydrogens is 320 g/mol. The number of carbonyl (C=O) groups is 1. The van der Waals surface area contributed by atoms with E-state index in [2.05, 4.69) is 10.1 Å². The zero-order valence-corrected chi connectivity index (χ0v) is 13.7. The van der Waals surface area contributed by atoms with Crippen LogP contribution in [0.4, 0.5) is 0 Å². The molecule has 2 aromatic heterocycles. The van der Waals surface area contributed by atoms with Gasteiger partial charge >= 0.3 is 0 Å². The molecule has 1 N–H and O–H groups in total. The van der Waals surface area contributed by atoms with E-state index in [1.165, 1.54) is 4.90 Å². The van der Waals surface area contributed by atoms with Crippen molar-refractivity contribution in [3.63, 3.8) is 0 Å². The summed E-state index contributed by atoms with van der Waals surface area (Å²) in [6.45, 7) is 0.553. The van der Waals surface area contributed by atoms with Crippen molar-refractivity contribution in [2.24, 2.45) is 0 Å². The number of rotatable bonds is 3. The Kier molecular flexibility index (Phi) is 3.95. The lowest BCUT2D eigenvalue weighted by molar-refractivity contribution is 0.0576. The zero-order chi connectivity index (χ0) is 17.4. The normalized spacial score (nSPS) is 20.1. The van der Waals surface area contributed by atoms with Crippen molar-refractivity contribution in [1.82, 2.24) is 19.7 Å². The largest absolute Gasteiger partial charge is 0.388 e. The molecule has 1 fully saturated rings. The number of pyridine rings is 1. The molecule has 3 heterocycles. The fourth-order valence-electron chi connectivity index (χ4n) is 3.12. The molecule has 1 aromatic carbocycles. The molecule has 0 unspecified atom stereocenters. The van der Waals surface area contributed by atoms with Gasteiger partial charge in [0, 0.05) is 18.6 Å². The Labute approximate surface area is 144 Å². The standard InChI is InChI=1S/C18H18N4O3/c1-21(15-10-25-11-16(15)23)18(24)17-14(7-4-8-19-17)22-13-6-3-2-5-12(13)9-20-22/h2-9,15-16,23H,10-11H2,1H3/t15-,16-/m1/s1. The highest BCUT2D eigenvalue weighted by Crippen LogP contribution is 2.22. The Hall–Kier alpha value is -2.77. The molecule has 1 amide bonds. The number of hydrogen-bond donors (Lipinski definition) is 1. The van der Waals surface area contributed by atoms with Crippen molar-refractivity contribution in [3.8, 4) is 5.69 Å². The highest BCUT2D eigenvalue weighted by Gasteiger charge is 2.34. The summed E-state index contributed by atoms with van der Waals surface area (Å²) in [5, 5.41) is 15.4. The summed E-state index contributed by atoms with van der Waals surface area (Å²) < 4.78 is 6.97. The second-order valence-electron chi connectivity index (χ2n) is 6.07. The first-order chi connectivity index (χ1) is 12.2. The number of amides is 1. The average Bonchev–Trinajstić information content (AvgIpc) is 3.26. The average molecular weight is 338 g/mol. The summed E-state index contributed by atoms with van der Waals surface area (Å²) in [6, 6.07) is 11.0. The number of aliphatic hydroxyl groups excluding tert-OH is 1. The van der Waals surface area contributed by atoms with Crippen LogP contribution in [0.25, 0.3) is 16.6 Å². The van der Waals surface area contributed by atoms with E-state index >= 15 is 0 Å². The van der Waals surface area contributed by atoms with Crippen LogP contribution in [0.15, 0.2) is 48.8 Å². The molecule has 2 atom stereocenters. The van der Waals surface area contributed by atoms with E-state index in [1.807, 2.05) is 30.3 Å². The third-order valence-corrected chi connectivity index (χ3v) is 4.53. The van der Waals surface area contributed by atoms with Gasteiger partial charge in [-0.05, 0) is 18.2 Å². The number of para-hydroxylation sites is 1. The number of hydrogen-bond acceptors (Lipinski definition) is 5. The first-order valence-electron chi connectivity index (χ1n) is 8.08. The van der Waals surface area contributed by atoms with Gasteiger partial charge in [-0.25, -0.2) is 9.67 Å². The Morgan fingerprint density at radius 3 is 2.92 bits per heavy atom. The van der Waals surface area contributed by atoms with Gasteiger partial charge in [0.2, 0.25) is 0 Å². The molecule has 0 saturated carbocycles. The van der Waals surface area contributed by atoms with E-state index in [4.69, 9.17) is 4.74 Å². The number of aliphatic hydroxyl groups is 1. The van der Waals surface area contributed by atoms with Gasteiger partial charge < -0.3 is 14.7 Å².